The van der Waals surface area contributed by atoms with Crippen LogP contribution in [0.2, 0.25) is 5.02 Å². The summed E-state index contributed by atoms with van der Waals surface area (Å²) in [7, 11) is 0. The lowest BCUT2D eigenvalue weighted by molar-refractivity contribution is -0.113. The number of carbonyl (C=O) groups excluding carboxylic acids is 1. The van der Waals surface area contributed by atoms with Gasteiger partial charge in [-0.3, -0.25) is 9.36 Å². The Kier molecular flexibility index (Phi) is 6.66. The molecule has 4 aromatic rings. The topological polar surface area (TPSA) is 59.8 Å². The minimum Gasteiger partial charge on any atom is -0.323 e. The molecule has 5 nitrogen and oxygen atoms in total. The van der Waals surface area contributed by atoms with Crippen LogP contribution in [-0.2, 0) is 4.79 Å². The van der Waals surface area contributed by atoms with E-state index in [4.69, 9.17) is 11.6 Å². The number of halogens is 5. The van der Waals surface area contributed by atoms with Crippen LogP contribution in [0, 0.1) is 23.3 Å². The first-order valence-corrected chi connectivity index (χ1v) is 10.7. The summed E-state index contributed by atoms with van der Waals surface area (Å²) in [6.07, 6.45) is 0. The molecule has 0 atom stereocenters. The summed E-state index contributed by atoms with van der Waals surface area (Å²) in [5.41, 5.74) is 0.119. The third kappa shape index (κ3) is 4.71. The van der Waals surface area contributed by atoms with Crippen molar-refractivity contribution in [3.63, 3.8) is 0 Å². The lowest BCUT2D eigenvalue weighted by atomic mass is 10.2. The first-order valence-electron chi connectivity index (χ1n) is 9.38. The average Bonchev–Trinajstić information content (AvgIpc) is 3.22. The van der Waals surface area contributed by atoms with Crippen molar-refractivity contribution in [1.82, 2.24) is 14.8 Å². The Balaban J connectivity index is 1.63. The predicted octanol–water partition coefficient (Wildman–Crippen LogP) is 5.87. The number of hydrogen-bond acceptors (Lipinski definition) is 4. The highest BCUT2D eigenvalue weighted by Gasteiger charge is 2.21. The third-order valence-corrected chi connectivity index (χ3v) is 5.74. The van der Waals surface area contributed by atoms with Crippen molar-refractivity contribution in [1.29, 1.82) is 0 Å². The fraction of sp³-hybridized carbons (Fsp3) is 0.0455. The zero-order valence-corrected chi connectivity index (χ0v) is 18.1. The average molecular weight is 493 g/mol. The second kappa shape index (κ2) is 9.63. The van der Waals surface area contributed by atoms with E-state index in [9.17, 15) is 22.4 Å². The van der Waals surface area contributed by atoms with Crippen LogP contribution in [0.15, 0.2) is 65.8 Å². The van der Waals surface area contributed by atoms with E-state index >= 15 is 0 Å². The van der Waals surface area contributed by atoms with Crippen LogP contribution >= 0.6 is 23.4 Å². The van der Waals surface area contributed by atoms with Gasteiger partial charge in [0.2, 0.25) is 5.91 Å². The van der Waals surface area contributed by atoms with Gasteiger partial charge in [-0.25, -0.2) is 17.6 Å². The van der Waals surface area contributed by atoms with Gasteiger partial charge in [-0.15, -0.1) is 10.2 Å². The van der Waals surface area contributed by atoms with Gasteiger partial charge in [0.1, 0.15) is 5.82 Å². The maximum atomic E-state index is 14.6. The van der Waals surface area contributed by atoms with Crippen LogP contribution in [0.5, 0.6) is 0 Å². The van der Waals surface area contributed by atoms with Crippen LogP contribution in [0.3, 0.4) is 0 Å². The Morgan fingerprint density at radius 1 is 0.909 bits per heavy atom. The van der Waals surface area contributed by atoms with Crippen molar-refractivity contribution in [2.24, 2.45) is 0 Å². The maximum Gasteiger partial charge on any atom is 0.234 e. The van der Waals surface area contributed by atoms with Gasteiger partial charge >= 0.3 is 0 Å². The highest BCUT2D eigenvalue weighted by atomic mass is 35.5. The van der Waals surface area contributed by atoms with Crippen LogP contribution in [0.25, 0.3) is 17.1 Å². The molecule has 4 rings (SSSR count). The lowest BCUT2D eigenvalue weighted by Gasteiger charge is -2.12. The molecular weight excluding hydrogens is 480 g/mol. The molecule has 0 saturated carbocycles. The number of rotatable bonds is 6. The molecule has 33 heavy (non-hydrogen) atoms. The molecule has 1 aromatic heterocycles. The normalized spacial score (nSPS) is 10.9. The monoisotopic (exact) mass is 492 g/mol. The zero-order valence-electron chi connectivity index (χ0n) is 16.5. The Bertz CT molecular complexity index is 1350. The molecule has 0 aliphatic heterocycles. The van der Waals surface area contributed by atoms with Crippen molar-refractivity contribution in [3.8, 4) is 17.1 Å². The number of nitrogens with one attached hydrogen (secondary N) is 1. The number of hydrogen-bond donors (Lipinski definition) is 1. The first kappa shape index (κ1) is 22.8. The number of amides is 1. The van der Waals surface area contributed by atoms with E-state index in [0.717, 1.165) is 17.8 Å². The number of anilines is 1. The SMILES string of the molecule is O=C(CSc1nnc(-c2ccccc2Cl)n1-c1ccccc1F)Nc1ccc(F)c(F)c1F. The second-order valence-corrected chi connectivity index (χ2v) is 7.98. The van der Waals surface area contributed by atoms with E-state index in [1.54, 1.807) is 30.3 Å². The van der Waals surface area contributed by atoms with Crippen molar-refractivity contribution < 1.29 is 22.4 Å². The molecule has 0 aliphatic rings. The van der Waals surface area contributed by atoms with E-state index in [0.29, 0.717) is 16.7 Å². The van der Waals surface area contributed by atoms with E-state index in [1.165, 1.54) is 22.8 Å². The Morgan fingerprint density at radius 2 is 1.64 bits per heavy atom. The molecular formula is C22H13ClF4N4OS. The molecule has 0 bridgehead atoms. The minimum atomic E-state index is -1.69. The number of carbonyl (C=O) groups is 1. The van der Waals surface area contributed by atoms with Crippen LogP contribution < -0.4 is 5.32 Å². The Morgan fingerprint density at radius 3 is 2.39 bits per heavy atom. The highest BCUT2D eigenvalue weighted by Crippen LogP contribution is 2.32. The summed E-state index contributed by atoms with van der Waals surface area (Å²) < 4.78 is 56.3. The van der Waals surface area contributed by atoms with Gasteiger partial charge in [-0.1, -0.05) is 47.6 Å². The summed E-state index contributed by atoms with van der Waals surface area (Å²) >= 11 is 7.17. The van der Waals surface area contributed by atoms with Crippen LogP contribution in [-0.4, -0.2) is 26.4 Å². The number of thioether (sulfide) groups is 1. The molecule has 0 radical (unpaired) electrons. The molecule has 0 aliphatic carbocycles. The third-order valence-electron chi connectivity index (χ3n) is 4.48. The zero-order chi connectivity index (χ0) is 23.5. The number of nitrogens with zero attached hydrogens (tertiary/aromatic N) is 3. The molecule has 1 heterocycles. The molecule has 0 fully saturated rings. The predicted molar refractivity (Wildman–Crippen MR) is 117 cm³/mol. The number of aromatic nitrogens is 3. The summed E-state index contributed by atoms with van der Waals surface area (Å²) in [5.74, 6) is -5.89. The standard InChI is InChI=1S/C22H13ClF4N4OS/c23-13-6-2-1-5-12(13)21-29-30-22(31(21)17-8-4-3-7-14(17)24)33-11-18(32)28-16-10-9-15(25)19(26)20(16)27/h1-10H,11H2,(H,28,32). The largest absolute Gasteiger partial charge is 0.323 e. The minimum absolute atomic E-state index is 0.131. The second-order valence-electron chi connectivity index (χ2n) is 6.63. The van der Waals surface area contributed by atoms with E-state index in [2.05, 4.69) is 15.5 Å². The van der Waals surface area contributed by atoms with Gasteiger partial charge < -0.3 is 5.32 Å². The van der Waals surface area contributed by atoms with Gasteiger partial charge in [-0.05, 0) is 36.4 Å². The molecule has 11 heteroatoms. The quantitative estimate of drug-likeness (QED) is 0.208. The molecule has 1 amide bonds. The molecule has 3 aromatic carbocycles. The molecule has 0 unspecified atom stereocenters. The highest BCUT2D eigenvalue weighted by molar-refractivity contribution is 7.99. The van der Waals surface area contributed by atoms with Gasteiger partial charge in [0.15, 0.2) is 28.4 Å². The summed E-state index contributed by atoms with van der Waals surface area (Å²) in [4.78, 5) is 12.3. The fourth-order valence-electron chi connectivity index (χ4n) is 2.97. The van der Waals surface area contributed by atoms with E-state index < -0.39 is 34.9 Å². The van der Waals surface area contributed by atoms with Crippen molar-refractivity contribution in [3.05, 3.63) is 89.0 Å². The van der Waals surface area contributed by atoms with Gasteiger partial charge in [0, 0.05) is 5.56 Å². The smallest absolute Gasteiger partial charge is 0.234 e. The Hall–Kier alpha value is -3.37. The summed E-state index contributed by atoms with van der Waals surface area (Å²) in [6.45, 7) is 0. The first-order chi connectivity index (χ1) is 15.9. The van der Waals surface area contributed by atoms with E-state index in [1.807, 2.05) is 0 Å². The maximum absolute atomic E-state index is 14.6. The Labute approximate surface area is 194 Å². The fourth-order valence-corrected chi connectivity index (χ4v) is 3.93. The van der Waals surface area contributed by atoms with Gasteiger partial charge in [-0.2, -0.15) is 0 Å². The lowest BCUT2D eigenvalue weighted by Crippen LogP contribution is -2.16. The molecule has 168 valence electrons. The van der Waals surface area contributed by atoms with Crippen LogP contribution in [0.1, 0.15) is 0 Å². The van der Waals surface area contributed by atoms with Crippen molar-refractivity contribution >= 4 is 35.0 Å². The number of benzene rings is 3. The molecule has 0 saturated heterocycles. The number of para-hydroxylation sites is 1. The van der Waals surface area contributed by atoms with E-state index in [-0.39, 0.29) is 22.4 Å². The van der Waals surface area contributed by atoms with Gasteiger partial charge in [0.05, 0.1) is 22.2 Å². The van der Waals surface area contributed by atoms with Gasteiger partial charge in [0.25, 0.3) is 0 Å². The summed E-state index contributed by atoms with van der Waals surface area (Å²) in [5, 5.41) is 10.9. The molecule has 1 N–H and O–H groups in total. The summed E-state index contributed by atoms with van der Waals surface area (Å²) in [6, 6.07) is 14.3. The van der Waals surface area contributed by atoms with Crippen molar-refractivity contribution in [2.75, 3.05) is 11.1 Å². The van der Waals surface area contributed by atoms with Crippen molar-refractivity contribution in [2.45, 2.75) is 5.16 Å². The van der Waals surface area contributed by atoms with Crippen LogP contribution in [0.4, 0.5) is 23.2 Å². The molecule has 0 spiro atoms.